The summed E-state index contributed by atoms with van der Waals surface area (Å²) >= 11 is 0. The highest BCUT2D eigenvalue weighted by Crippen LogP contribution is 2.34. The van der Waals surface area contributed by atoms with Gasteiger partial charge in [-0.1, -0.05) is 42.5 Å². The van der Waals surface area contributed by atoms with Gasteiger partial charge >= 0.3 is 11.9 Å². The van der Waals surface area contributed by atoms with Crippen molar-refractivity contribution in [3.8, 4) is 0 Å². The van der Waals surface area contributed by atoms with Crippen LogP contribution in [0.25, 0.3) is 10.8 Å². The van der Waals surface area contributed by atoms with E-state index in [-0.39, 0.29) is 17.3 Å². The minimum Gasteiger partial charge on any atom is -0.334 e. The molecule has 0 radical (unpaired) electrons. The lowest BCUT2D eigenvalue weighted by molar-refractivity contribution is -0.383. The van der Waals surface area contributed by atoms with Crippen LogP contribution in [-0.2, 0) is 6.18 Å². The number of fused-ring (bicyclic) bond motifs is 1. The number of nitro groups is 1. The summed E-state index contributed by atoms with van der Waals surface area (Å²) < 4.78 is 38.9. The lowest BCUT2D eigenvalue weighted by Crippen LogP contribution is -2.30. The molecule has 3 aromatic carbocycles. The Labute approximate surface area is 189 Å². The zero-order chi connectivity index (χ0) is 24.3. The van der Waals surface area contributed by atoms with Gasteiger partial charge in [-0.25, -0.2) is 9.97 Å². The van der Waals surface area contributed by atoms with Gasteiger partial charge in [0.05, 0.1) is 10.5 Å². The Balaban J connectivity index is 1.59. The first kappa shape index (κ1) is 22.5. The molecular weight excluding hydrogens is 453 g/mol. The SMILES string of the molecule is O=C(NNc1ncnc(Nc2cccc(C(F)(F)F)c2)c1[N+](=O)[O-])c1cccc2ccccc12. The van der Waals surface area contributed by atoms with Crippen molar-refractivity contribution in [2.45, 2.75) is 6.18 Å². The monoisotopic (exact) mass is 468 g/mol. The first-order valence-electron chi connectivity index (χ1n) is 9.72. The molecule has 3 N–H and O–H groups in total. The molecule has 0 atom stereocenters. The fourth-order valence-electron chi connectivity index (χ4n) is 3.25. The molecule has 0 spiro atoms. The molecule has 0 aliphatic carbocycles. The molecule has 0 aliphatic rings. The van der Waals surface area contributed by atoms with Crippen LogP contribution in [0.1, 0.15) is 15.9 Å². The van der Waals surface area contributed by atoms with Crippen LogP contribution in [0.15, 0.2) is 73.1 Å². The van der Waals surface area contributed by atoms with E-state index in [1.54, 1.807) is 24.3 Å². The first-order valence-corrected chi connectivity index (χ1v) is 9.72. The molecule has 9 nitrogen and oxygen atoms in total. The number of hydrazine groups is 1. The Kier molecular flexibility index (Phi) is 5.95. The molecule has 0 saturated heterocycles. The summed E-state index contributed by atoms with van der Waals surface area (Å²) in [5.74, 6) is -1.29. The predicted molar refractivity (Wildman–Crippen MR) is 118 cm³/mol. The number of rotatable bonds is 6. The summed E-state index contributed by atoms with van der Waals surface area (Å²) in [5.41, 5.74) is 3.42. The number of aromatic nitrogens is 2. The van der Waals surface area contributed by atoms with Crippen LogP contribution < -0.4 is 16.2 Å². The summed E-state index contributed by atoms with van der Waals surface area (Å²) in [6, 6.07) is 16.4. The number of nitrogens with zero attached hydrogens (tertiary/aromatic N) is 3. The standard InChI is InChI=1S/C22H15F3N6O3/c23-22(24,25)14-7-4-8-15(11-14)28-19-18(31(33)34)20(27-12-26-19)29-30-21(32)17-10-3-6-13-5-1-2-9-16(13)17/h1-12H,(H,30,32)(H2,26,27,28,29). The molecule has 0 saturated carbocycles. The van der Waals surface area contributed by atoms with Gasteiger partial charge in [-0.2, -0.15) is 13.2 Å². The average Bonchev–Trinajstić information content (AvgIpc) is 2.81. The Bertz CT molecular complexity index is 1390. The van der Waals surface area contributed by atoms with Crippen molar-refractivity contribution in [1.82, 2.24) is 15.4 Å². The van der Waals surface area contributed by atoms with Gasteiger partial charge in [-0.15, -0.1) is 0 Å². The number of alkyl halides is 3. The highest BCUT2D eigenvalue weighted by molar-refractivity contribution is 6.07. The molecule has 172 valence electrons. The molecule has 0 aliphatic heterocycles. The van der Waals surface area contributed by atoms with Crippen molar-refractivity contribution in [3.63, 3.8) is 0 Å². The van der Waals surface area contributed by atoms with Gasteiger partial charge < -0.3 is 5.32 Å². The van der Waals surface area contributed by atoms with Crippen LogP contribution in [0.4, 0.5) is 36.2 Å². The number of carbonyl (C=O) groups excluding carboxylic acids is 1. The number of halogens is 3. The third-order valence-corrected chi connectivity index (χ3v) is 4.79. The van der Waals surface area contributed by atoms with Crippen LogP contribution in [0.2, 0.25) is 0 Å². The molecule has 12 heteroatoms. The van der Waals surface area contributed by atoms with Gasteiger partial charge in [0, 0.05) is 11.3 Å². The molecule has 4 aromatic rings. The maximum Gasteiger partial charge on any atom is 0.416 e. The van der Waals surface area contributed by atoms with Gasteiger partial charge in [-0.05, 0) is 35.0 Å². The Morgan fingerprint density at radius 2 is 1.65 bits per heavy atom. The van der Waals surface area contributed by atoms with Gasteiger partial charge in [0.15, 0.2) is 0 Å². The highest BCUT2D eigenvalue weighted by Gasteiger charge is 2.31. The predicted octanol–water partition coefficient (Wildman–Crippen LogP) is 5.06. The van der Waals surface area contributed by atoms with E-state index in [1.807, 2.05) is 18.2 Å². The third-order valence-electron chi connectivity index (χ3n) is 4.79. The first-order chi connectivity index (χ1) is 16.2. The number of anilines is 3. The molecule has 1 aromatic heterocycles. The van der Waals surface area contributed by atoms with Crippen LogP contribution in [0.3, 0.4) is 0 Å². The minimum absolute atomic E-state index is 0.0673. The molecule has 1 heterocycles. The van der Waals surface area contributed by atoms with Gasteiger partial charge in [-0.3, -0.25) is 25.8 Å². The molecule has 0 fully saturated rings. The van der Waals surface area contributed by atoms with Crippen LogP contribution >= 0.6 is 0 Å². The number of amides is 1. The second kappa shape index (κ2) is 9.02. The van der Waals surface area contributed by atoms with E-state index in [4.69, 9.17) is 0 Å². The van der Waals surface area contributed by atoms with Crippen molar-refractivity contribution in [2.75, 3.05) is 10.7 Å². The Morgan fingerprint density at radius 1 is 0.941 bits per heavy atom. The van der Waals surface area contributed by atoms with Crippen molar-refractivity contribution in [3.05, 3.63) is 94.3 Å². The molecule has 1 amide bonds. The molecule has 4 rings (SSSR count). The Morgan fingerprint density at radius 3 is 2.41 bits per heavy atom. The lowest BCUT2D eigenvalue weighted by Gasteiger charge is -2.13. The van der Waals surface area contributed by atoms with E-state index in [2.05, 4.69) is 26.1 Å². The fraction of sp³-hybridized carbons (Fsp3) is 0.0455. The minimum atomic E-state index is -4.59. The zero-order valence-electron chi connectivity index (χ0n) is 17.1. The highest BCUT2D eigenvalue weighted by atomic mass is 19.4. The molecular formula is C22H15F3N6O3. The van der Waals surface area contributed by atoms with Crippen molar-refractivity contribution in [2.24, 2.45) is 0 Å². The van der Waals surface area contributed by atoms with E-state index in [9.17, 15) is 28.1 Å². The van der Waals surface area contributed by atoms with Gasteiger partial charge in [0.25, 0.3) is 5.91 Å². The number of hydrogen-bond donors (Lipinski definition) is 3. The summed E-state index contributed by atoms with van der Waals surface area (Å²) in [7, 11) is 0. The largest absolute Gasteiger partial charge is 0.416 e. The number of benzene rings is 3. The van der Waals surface area contributed by atoms with Crippen molar-refractivity contribution >= 4 is 39.7 Å². The quantitative estimate of drug-likeness (QED) is 0.267. The summed E-state index contributed by atoms with van der Waals surface area (Å²) in [5, 5.41) is 15.7. The summed E-state index contributed by atoms with van der Waals surface area (Å²) in [4.78, 5) is 31.2. The van der Waals surface area contributed by atoms with Gasteiger partial charge in [0.1, 0.15) is 6.33 Å². The van der Waals surface area contributed by atoms with Gasteiger partial charge in [0.2, 0.25) is 11.6 Å². The third kappa shape index (κ3) is 4.70. The second-order valence-electron chi connectivity index (χ2n) is 6.99. The van der Waals surface area contributed by atoms with E-state index >= 15 is 0 Å². The normalized spacial score (nSPS) is 11.1. The average molecular weight is 468 g/mol. The number of carbonyl (C=O) groups is 1. The van der Waals surface area contributed by atoms with E-state index in [0.29, 0.717) is 10.9 Å². The number of nitrogens with one attached hydrogen (secondary N) is 3. The maximum atomic E-state index is 13.0. The van der Waals surface area contributed by atoms with E-state index in [0.717, 1.165) is 29.9 Å². The fourth-order valence-corrected chi connectivity index (χ4v) is 3.25. The van der Waals surface area contributed by atoms with Crippen LogP contribution in [0, 0.1) is 10.1 Å². The second-order valence-corrected chi connectivity index (χ2v) is 6.99. The van der Waals surface area contributed by atoms with Crippen LogP contribution in [-0.4, -0.2) is 20.8 Å². The summed E-state index contributed by atoms with van der Waals surface area (Å²) in [6.45, 7) is 0. The smallest absolute Gasteiger partial charge is 0.334 e. The maximum absolute atomic E-state index is 13.0. The van der Waals surface area contributed by atoms with Crippen molar-refractivity contribution < 1.29 is 22.9 Å². The van der Waals surface area contributed by atoms with Crippen LogP contribution in [0.5, 0.6) is 0 Å². The molecule has 0 bridgehead atoms. The number of hydrogen-bond acceptors (Lipinski definition) is 7. The zero-order valence-corrected chi connectivity index (χ0v) is 17.1. The van der Waals surface area contributed by atoms with E-state index < -0.39 is 28.3 Å². The Hall–Kier alpha value is -4.74. The molecule has 34 heavy (non-hydrogen) atoms. The van der Waals surface area contributed by atoms with Crippen molar-refractivity contribution in [1.29, 1.82) is 0 Å². The molecule has 0 unspecified atom stereocenters. The lowest BCUT2D eigenvalue weighted by atomic mass is 10.0. The topological polar surface area (TPSA) is 122 Å². The summed E-state index contributed by atoms with van der Waals surface area (Å²) in [6.07, 6.45) is -3.62. The van der Waals surface area contributed by atoms with E-state index in [1.165, 1.54) is 6.07 Å².